The number of carbonyl (C=O) groups is 2. The lowest BCUT2D eigenvalue weighted by molar-refractivity contribution is -0.137. The SMILES string of the molecule is O=C(Cn1c(CCCNC(=O)C2CC2)nc2ccccc21)Nc1cccc(C(F)(F)F)c1. The zero-order chi connectivity index (χ0) is 22.7. The molecular formula is C23H23F3N4O2. The van der Waals surface area contributed by atoms with Crippen molar-refractivity contribution in [3.05, 3.63) is 59.9 Å². The first-order valence-electron chi connectivity index (χ1n) is 10.5. The van der Waals surface area contributed by atoms with E-state index in [0.717, 1.165) is 36.0 Å². The van der Waals surface area contributed by atoms with Crippen LogP contribution in [0.5, 0.6) is 0 Å². The zero-order valence-electron chi connectivity index (χ0n) is 17.3. The molecule has 3 aromatic rings. The number of aryl methyl sites for hydroxylation is 1. The number of alkyl halides is 3. The Morgan fingerprint density at radius 2 is 1.88 bits per heavy atom. The van der Waals surface area contributed by atoms with E-state index in [4.69, 9.17) is 0 Å². The molecule has 1 aliphatic rings. The molecule has 1 fully saturated rings. The zero-order valence-corrected chi connectivity index (χ0v) is 17.3. The molecule has 0 spiro atoms. The number of hydrogen-bond acceptors (Lipinski definition) is 3. The highest BCUT2D eigenvalue weighted by Gasteiger charge is 2.30. The van der Waals surface area contributed by atoms with E-state index < -0.39 is 17.6 Å². The monoisotopic (exact) mass is 444 g/mol. The Bertz CT molecular complexity index is 1140. The van der Waals surface area contributed by atoms with Crippen molar-refractivity contribution in [1.82, 2.24) is 14.9 Å². The predicted molar refractivity (Wildman–Crippen MR) is 114 cm³/mol. The normalized spacial score (nSPS) is 13.8. The van der Waals surface area contributed by atoms with Crippen molar-refractivity contribution in [2.24, 2.45) is 5.92 Å². The number of anilines is 1. The number of nitrogens with zero attached hydrogens (tertiary/aromatic N) is 2. The van der Waals surface area contributed by atoms with E-state index >= 15 is 0 Å². The van der Waals surface area contributed by atoms with E-state index in [1.807, 2.05) is 24.3 Å². The van der Waals surface area contributed by atoms with Crippen LogP contribution in [0, 0.1) is 5.92 Å². The molecule has 4 rings (SSSR count). The molecular weight excluding hydrogens is 421 g/mol. The van der Waals surface area contributed by atoms with Crippen LogP contribution in [0.15, 0.2) is 48.5 Å². The van der Waals surface area contributed by atoms with Gasteiger partial charge < -0.3 is 15.2 Å². The first-order valence-corrected chi connectivity index (χ1v) is 10.5. The third-order valence-electron chi connectivity index (χ3n) is 5.33. The lowest BCUT2D eigenvalue weighted by Gasteiger charge is -2.12. The molecule has 0 bridgehead atoms. The van der Waals surface area contributed by atoms with Gasteiger partial charge in [0.15, 0.2) is 0 Å². The molecule has 2 aromatic carbocycles. The molecule has 2 amide bonds. The van der Waals surface area contributed by atoms with Gasteiger partial charge in [-0.05, 0) is 49.6 Å². The van der Waals surface area contributed by atoms with Crippen LogP contribution < -0.4 is 10.6 Å². The smallest absolute Gasteiger partial charge is 0.356 e. The number of halogens is 3. The van der Waals surface area contributed by atoms with Gasteiger partial charge in [0, 0.05) is 24.6 Å². The predicted octanol–water partition coefficient (Wildman–Crippen LogP) is 4.15. The second-order valence-corrected chi connectivity index (χ2v) is 7.90. The summed E-state index contributed by atoms with van der Waals surface area (Å²) in [4.78, 5) is 29.0. The lowest BCUT2D eigenvalue weighted by Crippen LogP contribution is -2.26. The van der Waals surface area contributed by atoms with Gasteiger partial charge >= 0.3 is 6.18 Å². The van der Waals surface area contributed by atoms with Crippen LogP contribution in [0.1, 0.15) is 30.7 Å². The number of hydrogen-bond donors (Lipinski definition) is 2. The van der Waals surface area contributed by atoms with E-state index in [0.29, 0.717) is 25.2 Å². The van der Waals surface area contributed by atoms with Gasteiger partial charge in [-0.3, -0.25) is 9.59 Å². The molecule has 1 saturated carbocycles. The third kappa shape index (κ3) is 5.27. The summed E-state index contributed by atoms with van der Waals surface area (Å²) in [5, 5.41) is 5.45. The number of nitrogens with one attached hydrogen (secondary N) is 2. The average molecular weight is 444 g/mol. The fourth-order valence-corrected chi connectivity index (χ4v) is 3.56. The molecule has 1 aliphatic carbocycles. The van der Waals surface area contributed by atoms with Crippen LogP contribution in [0.2, 0.25) is 0 Å². The van der Waals surface area contributed by atoms with Gasteiger partial charge in [-0.2, -0.15) is 13.2 Å². The van der Waals surface area contributed by atoms with Gasteiger partial charge in [-0.15, -0.1) is 0 Å². The number of benzene rings is 2. The van der Waals surface area contributed by atoms with Gasteiger partial charge in [0.05, 0.1) is 16.6 Å². The van der Waals surface area contributed by atoms with Crippen LogP contribution >= 0.6 is 0 Å². The van der Waals surface area contributed by atoms with Gasteiger partial charge in [-0.1, -0.05) is 18.2 Å². The van der Waals surface area contributed by atoms with Gasteiger partial charge in [0.1, 0.15) is 12.4 Å². The second kappa shape index (κ2) is 9.02. The largest absolute Gasteiger partial charge is 0.416 e. The van der Waals surface area contributed by atoms with Crippen molar-refractivity contribution < 1.29 is 22.8 Å². The topological polar surface area (TPSA) is 76.0 Å². The molecule has 1 aromatic heterocycles. The molecule has 6 nitrogen and oxygen atoms in total. The van der Waals surface area contributed by atoms with Gasteiger partial charge in [0.2, 0.25) is 11.8 Å². The molecule has 0 atom stereocenters. The Balaban J connectivity index is 1.44. The summed E-state index contributed by atoms with van der Waals surface area (Å²) in [7, 11) is 0. The lowest BCUT2D eigenvalue weighted by atomic mass is 10.2. The summed E-state index contributed by atoms with van der Waals surface area (Å²) in [6.45, 7) is 0.440. The summed E-state index contributed by atoms with van der Waals surface area (Å²) >= 11 is 0. The fraction of sp³-hybridized carbons (Fsp3) is 0.348. The number of aromatic nitrogens is 2. The third-order valence-corrected chi connectivity index (χ3v) is 5.33. The fourth-order valence-electron chi connectivity index (χ4n) is 3.56. The summed E-state index contributed by atoms with van der Waals surface area (Å²) in [6, 6.07) is 11.9. The minimum Gasteiger partial charge on any atom is -0.356 e. The molecule has 0 unspecified atom stereocenters. The second-order valence-electron chi connectivity index (χ2n) is 7.90. The molecule has 0 aliphatic heterocycles. The van der Waals surface area contributed by atoms with E-state index in [2.05, 4.69) is 15.6 Å². The van der Waals surface area contributed by atoms with Gasteiger partial charge in [-0.25, -0.2) is 4.98 Å². The number of fused-ring (bicyclic) bond motifs is 1. The minimum atomic E-state index is -4.48. The maximum absolute atomic E-state index is 12.9. The number of carbonyl (C=O) groups excluding carboxylic acids is 2. The van der Waals surface area contributed by atoms with Gasteiger partial charge in [0.25, 0.3) is 0 Å². The van der Waals surface area contributed by atoms with Crippen molar-refractivity contribution in [2.75, 3.05) is 11.9 Å². The quantitative estimate of drug-likeness (QED) is 0.513. The van der Waals surface area contributed by atoms with Crippen LogP contribution in [-0.4, -0.2) is 27.9 Å². The summed E-state index contributed by atoms with van der Waals surface area (Å²) in [6.07, 6.45) is -1.37. The summed E-state index contributed by atoms with van der Waals surface area (Å²) in [5.41, 5.74) is 0.760. The highest BCUT2D eigenvalue weighted by atomic mass is 19.4. The maximum Gasteiger partial charge on any atom is 0.416 e. The highest BCUT2D eigenvalue weighted by molar-refractivity contribution is 5.91. The molecule has 2 N–H and O–H groups in total. The molecule has 32 heavy (non-hydrogen) atoms. The average Bonchev–Trinajstić information content (AvgIpc) is 3.55. The Hall–Kier alpha value is -3.36. The molecule has 9 heteroatoms. The number of imidazole rings is 1. The van der Waals surface area contributed by atoms with Crippen LogP contribution in [0.25, 0.3) is 11.0 Å². The van der Waals surface area contributed by atoms with Crippen molar-refractivity contribution in [2.45, 2.75) is 38.4 Å². The minimum absolute atomic E-state index is 0.0820. The van der Waals surface area contributed by atoms with E-state index in [9.17, 15) is 22.8 Å². The Morgan fingerprint density at radius 1 is 1.09 bits per heavy atom. The van der Waals surface area contributed by atoms with Crippen molar-refractivity contribution >= 4 is 28.5 Å². The van der Waals surface area contributed by atoms with Crippen LogP contribution in [-0.2, 0) is 28.7 Å². The van der Waals surface area contributed by atoms with E-state index in [1.54, 1.807) is 4.57 Å². The van der Waals surface area contributed by atoms with Crippen LogP contribution in [0.4, 0.5) is 18.9 Å². The van der Waals surface area contributed by atoms with Crippen molar-refractivity contribution in [3.8, 4) is 0 Å². The standard InChI is InChI=1S/C23H23F3N4O2/c24-23(25,26)16-5-3-6-17(13-16)28-21(31)14-30-19-8-2-1-7-18(19)29-20(30)9-4-12-27-22(32)15-10-11-15/h1-3,5-8,13,15H,4,9-12,14H2,(H,27,32)(H,28,31). The van der Waals surface area contributed by atoms with Crippen molar-refractivity contribution in [1.29, 1.82) is 0 Å². The van der Waals surface area contributed by atoms with E-state index in [-0.39, 0.29) is 24.1 Å². The molecule has 0 radical (unpaired) electrons. The maximum atomic E-state index is 12.9. The number of rotatable bonds is 8. The Labute approximate surface area is 182 Å². The van der Waals surface area contributed by atoms with Crippen LogP contribution in [0.3, 0.4) is 0 Å². The molecule has 0 saturated heterocycles. The number of para-hydroxylation sites is 2. The van der Waals surface area contributed by atoms with Crippen molar-refractivity contribution in [3.63, 3.8) is 0 Å². The number of amides is 2. The summed E-state index contributed by atoms with van der Waals surface area (Å²) < 4.78 is 40.6. The summed E-state index contributed by atoms with van der Waals surface area (Å²) in [5.74, 6) is 0.472. The van der Waals surface area contributed by atoms with E-state index in [1.165, 1.54) is 12.1 Å². The molecule has 1 heterocycles. The highest BCUT2D eigenvalue weighted by Crippen LogP contribution is 2.31. The first-order chi connectivity index (χ1) is 15.3. The first kappa shape index (κ1) is 21.9. The molecule has 168 valence electrons. The Kier molecular flexibility index (Phi) is 6.16. The Morgan fingerprint density at radius 3 is 2.62 bits per heavy atom.